The number of nitrogens with zero attached hydrogens (tertiary/aromatic N) is 1. The van der Waals surface area contributed by atoms with Crippen molar-refractivity contribution in [3.8, 4) is 0 Å². The number of fused-ring (bicyclic) bond motifs is 6. The van der Waals surface area contributed by atoms with E-state index in [2.05, 4.69) is 23.7 Å². The van der Waals surface area contributed by atoms with Gasteiger partial charge in [-0.1, -0.05) is 38.5 Å². The van der Waals surface area contributed by atoms with E-state index >= 15 is 0 Å². The SMILES string of the molecule is CN1C2CCCCCC(CC2)SC2CCCCCC1CC2. The highest BCUT2D eigenvalue weighted by atomic mass is 32.2. The van der Waals surface area contributed by atoms with Crippen LogP contribution in [0.25, 0.3) is 0 Å². The van der Waals surface area contributed by atoms with Crippen LogP contribution in [0.5, 0.6) is 0 Å². The van der Waals surface area contributed by atoms with Crippen molar-refractivity contribution in [2.24, 2.45) is 0 Å². The van der Waals surface area contributed by atoms with Crippen molar-refractivity contribution in [2.45, 2.75) is 112 Å². The Morgan fingerprint density at radius 2 is 1.05 bits per heavy atom. The van der Waals surface area contributed by atoms with Crippen molar-refractivity contribution >= 4 is 11.8 Å². The Bertz CT molecular complexity index is 278. The minimum atomic E-state index is 0.883. The summed E-state index contributed by atoms with van der Waals surface area (Å²) in [5, 5.41) is 1.95. The van der Waals surface area contributed by atoms with E-state index < -0.39 is 0 Å². The molecule has 1 aliphatic heterocycles. The Morgan fingerprint density at radius 1 is 0.571 bits per heavy atom. The van der Waals surface area contributed by atoms with Gasteiger partial charge in [0, 0.05) is 22.6 Å². The Balaban J connectivity index is 1.78. The molecule has 3 rings (SSSR count). The Morgan fingerprint density at radius 3 is 1.57 bits per heavy atom. The highest BCUT2D eigenvalue weighted by Gasteiger charge is 2.29. The average molecular weight is 310 g/mol. The molecular formula is C19H35NS. The van der Waals surface area contributed by atoms with E-state index in [1.54, 1.807) is 0 Å². The van der Waals surface area contributed by atoms with Crippen LogP contribution in [0.4, 0.5) is 0 Å². The summed E-state index contributed by atoms with van der Waals surface area (Å²) in [6.07, 6.45) is 20.7. The normalized spacial score (nSPS) is 40.4. The summed E-state index contributed by atoms with van der Waals surface area (Å²) >= 11 is 2.41. The van der Waals surface area contributed by atoms with Crippen molar-refractivity contribution in [2.75, 3.05) is 7.05 Å². The van der Waals surface area contributed by atoms with Crippen molar-refractivity contribution < 1.29 is 0 Å². The molecule has 2 heteroatoms. The molecule has 3 aliphatic rings. The van der Waals surface area contributed by atoms with Gasteiger partial charge in [0.1, 0.15) is 0 Å². The zero-order chi connectivity index (χ0) is 14.5. The standard InChI is InChI=1S/C19H35NS/c1-20-16-8-4-2-6-10-18(14-12-16)21-19-11-7-3-5-9-17(20)13-15-19/h16-19H,2-15H2,1H3. The van der Waals surface area contributed by atoms with E-state index in [1.165, 1.54) is 89.9 Å². The second-order valence-corrected chi connectivity index (χ2v) is 9.39. The molecule has 4 atom stereocenters. The number of thioether (sulfide) groups is 1. The summed E-state index contributed by atoms with van der Waals surface area (Å²) in [5.74, 6) is 0. The van der Waals surface area contributed by atoms with Crippen LogP contribution in [0.3, 0.4) is 0 Å². The topological polar surface area (TPSA) is 3.24 Å². The minimum absolute atomic E-state index is 0.883. The van der Waals surface area contributed by atoms with Crippen LogP contribution in [0.2, 0.25) is 0 Å². The third-order valence-electron chi connectivity index (χ3n) is 6.31. The van der Waals surface area contributed by atoms with Crippen LogP contribution in [0.15, 0.2) is 0 Å². The zero-order valence-corrected chi connectivity index (χ0v) is 14.9. The molecular weight excluding hydrogens is 274 g/mol. The fourth-order valence-electron chi connectivity index (χ4n) is 4.85. The van der Waals surface area contributed by atoms with Crippen molar-refractivity contribution in [3.63, 3.8) is 0 Å². The third-order valence-corrected chi connectivity index (χ3v) is 8.02. The first-order valence-corrected chi connectivity index (χ1v) is 10.6. The van der Waals surface area contributed by atoms with Crippen molar-refractivity contribution in [1.82, 2.24) is 4.90 Å². The van der Waals surface area contributed by atoms with Gasteiger partial charge in [-0.2, -0.15) is 11.8 Å². The largest absolute Gasteiger partial charge is 0.300 e. The van der Waals surface area contributed by atoms with E-state index in [0.29, 0.717) is 0 Å². The molecule has 3 fully saturated rings. The van der Waals surface area contributed by atoms with E-state index in [-0.39, 0.29) is 0 Å². The van der Waals surface area contributed by atoms with E-state index in [4.69, 9.17) is 0 Å². The van der Waals surface area contributed by atoms with Gasteiger partial charge in [-0.3, -0.25) is 0 Å². The summed E-state index contributed by atoms with van der Waals surface area (Å²) in [7, 11) is 2.46. The molecule has 1 heterocycles. The van der Waals surface area contributed by atoms with Gasteiger partial charge >= 0.3 is 0 Å². The van der Waals surface area contributed by atoms with Crippen molar-refractivity contribution in [1.29, 1.82) is 0 Å². The highest BCUT2D eigenvalue weighted by molar-refractivity contribution is 8.00. The van der Waals surface area contributed by atoms with Crippen LogP contribution in [0, 0.1) is 0 Å². The highest BCUT2D eigenvalue weighted by Crippen LogP contribution is 2.37. The quantitative estimate of drug-likeness (QED) is 0.570. The molecule has 0 N–H and O–H groups in total. The fourth-order valence-corrected chi connectivity index (χ4v) is 6.54. The Hall–Kier alpha value is 0.310. The van der Waals surface area contributed by atoms with E-state index in [9.17, 15) is 0 Å². The maximum absolute atomic E-state index is 2.83. The number of rotatable bonds is 0. The molecule has 0 aromatic heterocycles. The smallest absolute Gasteiger partial charge is 0.00955 e. The fraction of sp³-hybridized carbons (Fsp3) is 1.00. The molecule has 0 radical (unpaired) electrons. The summed E-state index contributed by atoms with van der Waals surface area (Å²) in [5.41, 5.74) is 0. The molecule has 21 heavy (non-hydrogen) atoms. The Labute approximate surface area is 136 Å². The van der Waals surface area contributed by atoms with Gasteiger partial charge in [0.15, 0.2) is 0 Å². The van der Waals surface area contributed by atoms with Gasteiger partial charge in [0.2, 0.25) is 0 Å². The summed E-state index contributed by atoms with van der Waals surface area (Å²) in [6, 6.07) is 1.77. The lowest BCUT2D eigenvalue weighted by molar-refractivity contribution is 0.134. The first-order chi connectivity index (χ1) is 10.3. The molecule has 0 aromatic carbocycles. The number of hydrogen-bond acceptors (Lipinski definition) is 2. The molecule has 2 saturated carbocycles. The van der Waals surface area contributed by atoms with Gasteiger partial charge < -0.3 is 4.90 Å². The van der Waals surface area contributed by atoms with Crippen LogP contribution in [-0.4, -0.2) is 34.5 Å². The summed E-state index contributed by atoms with van der Waals surface area (Å²) in [4.78, 5) is 2.83. The molecule has 1 saturated heterocycles. The molecule has 2 aliphatic carbocycles. The molecule has 1 nitrogen and oxygen atoms in total. The lowest BCUT2D eigenvalue weighted by Gasteiger charge is -2.37. The van der Waals surface area contributed by atoms with Crippen molar-refractivity contribution in [3.05, 3.63) is 0 Å². The van der Waals surface area contributed by atoms with Crippen LogP contribution in [0.1, 0.15) is 89.9 Å². The molecule has 0 amide bonds. The van der Waals surface area contributed by atoms with Gasteiger partial charge in [-0.15, -0.1) is 0 Å². The van der Waals surface area contributed by atoms with E-state index in [0.717, 1.165) is 22.6 Å². The van der Waals surface area contributed by atoms with E-state index in [1.807, 2.05) is 0 Å². The first-order valence-electron chi connectivity index (χ1n) is 9.70. The predicted octanol–water partition coefficient (Wildman–Crippen LogP) is 5.63. The van der Waals surface area contributed by atoms with Gasteiger partial charge in [-0.25, -0.2) is 0 Å². The minimum Gasteiger partial charge on any atom is -0.300 e. The second kappa shape index (κ2) is 8.24. The third kappa shape index (κ3) is 4.64. The monoisotopic (exact) mass is 309 g/mol. The number of hydrogen-bond donors (Lipinski definition) is 0. The molecule has 0 aromatic rings. The first kappa shape index (κ1) is 16.2. The van der Waals surface area contributed by atoms with Crippen LogP contribution < -0.4 is 0 Å². The summed E-state index contributed by atoms with van der Waals surface area (Å²) < 4.78 is 0. The average Bonchev–Trinajstić information content (AvgIpc) is 2.68. The second-order valence-electron chi connectivity index (χ2n) is 7.78. The lowest BCUT2D eigenvalue weighted by atomic mass is 9.97. The molecule has 122 valence electrons. The lowest BCUT2D eigenvalue weighted by Crippen LogP contribution is -2.41. The summed E-state index contributed by atoms with van der Waals surface area (Å²) in [6.45, 7) is 0. The predicted molar refractivity (Wildman–Crippen MR) is 95.1 cm³/mol. The maximum Gasteiger partial charge on any atom is 0.00955 e. The van der Waals surface area contributed by atoms with Gasteiger partial charge in [-0.05, 0) is 58.4 Å². The molecule has 0 spiro atoms. The van der Waals surface area contributed by atoms with Gasteiger partial charge in [0.05, 0.1) is 0 Å². The van der Waals surface area contributed by atoms with Gasteiger partial charge in [0.25, 0.3) is 0 Å². The van der Waals surface area contributed by atoms with Crippen LogP contribution >= 0.6 is 11.8 Å². The Kier molecular flexibility index (Phi) is 6.35. The molecule has 4 unspecified atom stereocenters. The molecule has 4 bridgehead atoms. The van der Waals surface area contributed by atoms with Crippen LogP contribution in [-0.2, 0) is 0 Å². The maximum atomic E-state index is 2.83. The zero-order valence-electron chi connectivity index (χ0n) is 14.1.